The molecule has 0 amide bonds. The second-order valence-electron chi connectivity index (χ2n) is 4.73. The van der Waals surface area contributed by atoms with Crippen molar-refractivity contribution in [2.24, 2.45) is 0 Å². The van der Waals surface area contributed by atoms with Crippen molar-refractivity contribution in [1.29, 1.82) is 0 Å². The molecule has 1 unspecified atom stereocenters. The van der Waals surface area contributed by atoms with E-state index in [4.69, 9.17) is 0 Å². The van der Waals surface area contributed by atoms with Gasteiger partial charge in [-0.3, -0.25) is 0 Å². The van der Waals surface area contributed by atoms with E-state index in [2.05, 4.69) is 52.1 Å². The van der Waals surface area contributed by atoms with Crippen molar-refractivity contribution in [1.82, 2.24) is 5.32 Å². The quantitative estimate of drug-likeness (QED) is 0.787. The molecule has 1 atom stereocenters. The number of aryl methyl sites for hydroxylation is 3. The van der Waals surface area contributed by atoms with Crippen molar-refractivity contribution in [2.45, 2.75) is 53.5 Å². The Bertz CT molecular complexity index is 318. The first kappa shape index (κ1) is 13.2. The van der Waals surface area contributed by atoms with Gasteiger partial charge in [-0.1, -0.05) is 31.5 Å². The van der Waals surface area contributed by atoms with Crippen molar-refractivity contribution >= 4 is 0 Å². The van der Waals surface area contributed by atoms with Crippen LogP contribution in [0.5, 0.6) is 0 Å². The second-order valence-corrected chi connectivity index (χ2v) is 4.73. The fourth-order valence-corrected chi connectivity index (χ4v) is 2.51. The first-order valence-corrected chi connectivity index (χ1v) is 6.41. The van der Waals surface area contributed by atoms with Crippen LogP contribution < -0.4 is 5.32 Å². The zero-order valence-corrected chi connectivity index (χ0v) is 11.4. The Labute approximate surface area is 100 Å². The summed E-state index contributed by atoms with van der Waals surface area (Å²) in [6.07, 6.45) is 2.35. The highest BCUT2D eigenvalue weighted by atomic mass is 14.9. The molecule has 1 nitrogen and oxygen atoms in total. The molecule has 0 aliphatic heterocycles. The molecule has 1 rings (SSSR count). The molecular weight excluding hydrogens is 194 g/mol. The maximum Gasteiger partial charge on any atom is 0.0322 e. The van der Waals surface area contributed by atoms with Gasteiger partial charge in [0, 0.05) is 6.04 Å². The van der Waals surface area contributed by atoms with Crippen LogP contribution in [-0.2, 0) is 0 Å². The normalized spacial score (nSPS) is 12.8. The molecule has 0 fully saturated rings. The lowest BCUT2D eigenvalue weighted by Crippen LogP contribution is -2.23. The summed E-state index contributed by atoms with van der Waals surface area (Å²) >= 11 is 0. The molecule has 16 heavy (non-hydrogen) atoms. The molecule has 90 valence electrons. The first-order chi connectivity index (χ1) is 7.60. The Morgan fingerprint density at radius 1 is 1.06 bits per heavy atom. The highest BCUT2D eigenvalue weighted by Crippen LogP contribution is 2.25. The minimum absolute atomic E-state index is 0.514. The maximum atomic E-state index is 3.64. The Morgan fingerprint density at radius 3 is 2.06 bits per heavy atom. The molecule has 0 bridgehead atoms. The summed E-state index contributed by atoms with van der Waals surface area (Å²) in [5.41, 5.74) is 5.71. The van der Waals surface area contributed by atoms with Crippen molar-refractivity contribution in [3.05, 3.63) is 34.4 Å². The zero-order valence-electron chi connectivity index (χ0n) is 11.4. The standard InChI is InChI=1S/C15H25N/c1-6-8-16-14(7-2)15-12(4)9-11(3)10-13(15)5/h9-10,14,16H,6-8H2,1-5H3. The van der Waals surface area contributed by atoms with Gasteiger partial charge in [0.25, 0.3) is 0 Å². The molecule has 0 aliphatic carbocycles. The van der Waals surface area contributed by atoms with E-state index >= 15 is 0 Å². The summed E-state index contributed by atoms with van der Waals surface area (Å²) in [6, 6.07) is 5.09. The van der Waals surface area contributed by atoms with Crippen LogP contribution in [0.1, 0.15) is 55.0 Å². The van der Waals surface area contributed by atoms with E-state index in [0.717, 1.165) is 13.0 Å². The zero-order chi connectivity index (χ0) is 12.1. The molecule has 0 aromatic heterocycles. The molecule has 0 saturated carbocycles. The minimum Gasteiger partial charge on any atom is -0.310 e. The summed E-state index contributed by atoms with van der Waals surface area (Å²) in [5, 5.41) is 3.64. The van der Waals surface area contributed by atoms with E-state index in [1.165, 1.54) is 28.7 Å². The number of hydrogen-bond donors (Lipinski definition) is 1. The molecule has 0 aliphatic rings. The van der Waals surface area contributed by atoms with Gasteiger partial charge >= 0.3 is 0 Å². The van der Waals surface area contributed by atoms with E-state index in [9.17, 15) is 0 Å². The molecule has 0 radical (unpaired) electrons. The fourth-order valence-electron chi connectivity index (χ4n) is 2.51. The predicted octanol–water partition coefficient (Wildman–Crippen LogP) is 4.06. The average Bonchev–Trinajstić information content (AvgIpc) is 2.21. The van der Waals surface area contributed by atoms with Gasteiger partial charge in [-0.05, 0) is 56.8 Å². The maximum absolute atomic E-state index is 3.64. The number of hydrogen-bond acceptors (Lipinski definition) is 1. The van der Waals surface area contributed by atoms with Gasteiger partial charge in [0.05, 0.1) is 0 Å². The first-order valence-electron chi connectivity index (χ1n) is 6.41. The smallest absolute Gasteiger partial charge is 0.0322 e. The van der Waals surface area contributed by atoms with Crippen LogP contribution in [0.3, 0.4) is 0 Å². The lowest BCUT2D eigenvalue weighted by molar-refractivity contribution is 0.514. The summed E-state index contributed by atoms with van der Waals surface area (Å²) in [4.78, 5) is 0. The van der Waals surface area contributed by atoms with Crippen molar-refractivity contribution in [3.63, 3.8) is 0 Å². The van der Waals surface area contributed by atoms with Crippen LogP contribution in [0.4, 0.5) is 0 Å². The monoisotopic (exact) mass is 219 g/mol. The fraction of sp³-hybridized carbons (Fsp3) is 0.600. The van der Waals surface area contributed by atoms with Crippen molar-refractivity contribution in [3.8, 4) is 0 Å². The highest BCUT2D eigenvalue weighted by molar-refractivity contribution is 5.39. The second kappa shape index (κ2) is 6.05. The molecule has 1 aromatic rings. The largest absolute Gasteiger partial charge is 0.310 e. The van der Waals surface area contributed by atoms with E-state index in [1.807, 2.05) is 0 Å². The molecule has 1 N–H and O–H groups in total. The predicted molar refractivity (Wildman–Crippen MR) is 72.0 cm³/mol. The molecule has 0 spiro atoms. The third-order valence-electron chi connectivity index (χ3n) is 3.14. The lowest BCUT2D eigenvalue weighted by atomic mass is 9.92. The third kappa shape index (κ3) is 3.08. The minimum atomic E-state index is 0.514. The summed E-state index contributed by atoms with van der Waals surface area (Å²) in [5.74, 6) is 0. The Kier molecular flexibility index (Phi) is 5.01. The topological polar surface area (TPSA) is 12.0 Å². The van der Waals surface area contributed by atoms with Gasteiger partial charge in [-0.25, -0.2) is 0 Å². The number of nitrogens with one attached hydrogen (secondary N) is 1. The number of benzene rings is 1. The van der Waals surface area contributed by atoms with Crippen LogP contribution >= 0.6 is 0 Å². The van der Waals surface area contributed by atoms with Gasteiger partial charge in [-0.2, -0.15) is 0 Å². The van der Waals surface area contributed by atoms with Crippen molar-refractivity contribution in [2.75, 3.05) is 6.54 Å². The Morgan fingerprint density at radius 2 is 1.62 bits per heavy atom. The summed E-state index contributed by atoms with van der Waals surface area (Å²) in [6.45, 7) is 12.2. The van der Waals surface area contributed by atoms with Crippen LogP contribution in [0.25, 0.3) is 0 Å². The Hall–Kier alpha value is -0.820. The van der Waals surface area contributed by atoms with E-state index < -0.39 is 0 Å². The number of rotatable bonds is 5. The van der Waals surface area contributed by atoms with Crippen LogP contribution in [0.2, 0.25) is 0 Å². The SMILES string of the molecule is CCCNC(CC)c1c(C)cc(C)cc1C. The van der Waals surface area contributed by atoms with E-state index in [-0.39, 0.29) is 0 Å². The van der Waals surface area contributed by atoms with Crippen molar-refractivity contribution < 1.29 is 0 Å². The van der Waals surface area contributed by atoms with Gasteiger partial charge < -0.3 is 5.32 Å². The molecular formula is C15H25N. The molecule has 1 aromatic carbocycles. The third-order valence-corrected chi connectivity index (χ3v) is 3.14. The summed E-state index contributed by atoms with van der Waals surface area (Å²) in [7, 11) is 0. The van der Waals surface area contributed by atoms with Gasteiger partial charge in [-0.15, -0.1) is 0 Å². The van der Waals surface area contributed by atoms with Crippen LogP contribution in [0.15, 0.2) is 12.1 Å². The summed E-state index contributed by atoms with van der Waals surface area (Å²) < 4.78 is 0. The van der Waals surface area contributed by atoms with Gasteiger partial charge in [0.15, 0.2) is 0 Å². The van der Waals surface area contributed by atoms with E-state index in [1.54, 1.807) is 0 Å². The van der Waals surface area contributed by atoms with Crippen LogP contribution in [-0.4, -0.2) is 6.54 Å². The molecule has 1 heteroatoms. The lowest BCUT2D eigenvalue weighted by Gasteiger charge is -2.22. The molecule has 0 heterocycles. The average molecular weight is 219 g/mol. The van der Waals surface area contributed by atoms with Gasteiger partial charge in [0.1, 0.15) is 0 Å². The van der Waals surface area contributed by atoms with Gasteiger partial charge in [0.2, 0.25) is 0 Å². The highest BCUT2D eigenvalue weighted by Gasteiger charge is 2.13. The molecule has 0 saturated heterocycles. The Balaban J connectivity index is 2.99. The van der Waals surface area contributed by atoms with Crippen LogP contribution in [0, 0.1) is 20.8 Å². The van der Waals surface area contributed by atoms with E-state index in [0.29, 0.717) is 6.04 Å².